The zero-order chi connectivity index (χ0) is 7.56. The van der Waals surface area contributed by atoms with Crippen LogP contribution in [0.5, 0.6) is 0 Å². The maximum Gasteiger partial charge on any atom is 0.0805 e. The Morgan fingerprint density at radius 3 is 2.70 bits per heavy atom. The van der Waals surface area contributed by atoms with Crippen molar-refractivity contribution in [2.45, 2.75) is 20.8 Å². The minimum Gasteiger partial charge on any atom is -0.245 e. The van der Waals surface area contributed by atoms with Crippen molar-refractivity contribution >= 4 is 23.0 Å². The van der Waals surface area contributed by atoms with Gasteiger partial charge in [0.2, 0.25) is 0 Å². The van der Waals surface area contributed by atoms with Crippen LogP contribution in [0, 0.1) is 0 Å². The summed E-state index contributed by atoms with van der Waals surface area (Å²) in [5, 5.41) is 1.15. The van der Waals surface area contributed by atoms with Gasteiger partial charge in [-0.25, -0.2) is 4.98 Å². The molecule has 0 radical (unpaired) electrons. The van der Waals surface area contributed by atoms with E-state index in [0.29, 0.717) is 0 Å². The molecule has 0 aliphatic heterocycles. The van der Waals surface area contributed by atoms with Gasteiger partial charge in [-0.15, -0.1) is 11.3 Å². The molecule has 1 heterocycles. The smallest absolute Gasteiger partial charge is 0.0805 e. The Morgan fingerprint density at radius 2 is 2.30 bits per heavy atom. The number of rotatable bonds is 0. The average molecular weight is 153 g/mol. The molecule has 0 atom stereocenters. The fourth-order valence-corrected chi connectivity index (χ4v) is 1.61. The SMILES string of the molecule is CC=c1scnc1=C(C)C. The Kier molecular flexibility index (Phi) is 2.22. The van der Waals surface area contributed by atoms with Crippen molar-refractivity contribution in [3.63, 3.8) is 0 Å². The molecule has 10 heavy (non-hydrogen) atoms. The van der Waals surface area contributed by atoms with Crippen molar-refractivity contribution < 1.29 is 0 Å². The molecule has 0 aliphatic carbocycles. The summed E-state index contributed by atoms with van der Waals surface area (Å²) in [6, 6.07) is 0. The lowest BCUT2D eigenvalue weighted by Crippen LogP contribution is -2.21. The Balaban J connectivity index is 3.59. The highest BCUT2D eigenvalue weighted by Gasteiger charge is 1.87. The van der Waals surface area contributed by atoms with E-state index in [9.17, 15) is 0 Å². The molecule has 1 rings (SSSR count). The van der Waals surface area contributed by atoms with Gasteiger partial charge in [0.15, 0.2) is 0 Å². The Hall–Kier alpha value is -0.630. The lowest BCUT2D eigenvalue weighted by atomic mass is 10.3. The van der Waals surface area contributed by atoms with Gasteiger partial charge in [-0.3, -0.25) is 0 Å². The molecule has 2 heteroatoms. The van der Waals surface area contributed by atoms with Crippen molar-refractivity contribution in [3.05, 3.63) is 15.4 Å². The molecule has 1 nitrogen and oxygen atoms in total. The number of hydrogen-bond acceptors (Lipinski definition) is 2. The largest absolute Gasteiger partial charge is 0.245 e. The van der Waals surface area contributed by atoms with Gasteiger partial charge >= 0.3 is 0 Å². The molecule has 0 saturated heterocycles. The molecule has 0 aromatic carbocycles. The van der Waals surface area contributed by atoms with Gasteiger partial charge in [0, 0.05) is 4.53 Å². The highest BCUT2D eigenvalue weighted by molar-refractivity contribution is 7.07. The average Bonchev–Trinajstić information content (AvgIpc) is 2.33. The van der Waals surface area contributed by atoms with E-state index in [1.54, 1.807) is 11.3 Å². The molecule has 0 N–H and O–H groups in total. The van der Waals surface area contributed by atoms with Crippen molar-refractivity contribution in [3.8, 4) is 0 Å². The summed E-state index contributed by atoms with van der Waals surface area (Å²) in [6.07, 6.45) is 2.10. The van der Waals surface area contributed by atoms with Gasteiger partial charge < -0.3 is 0 Å². The van der Waals surface area contributed by atoms with Crippen LogP contribution >= 0.6 is 11.3 Å². The van der Waals surface area contributed by atoms with Crippen molar-refractivity contribution in [1.82, 2.24) is 4.98 Å². The first kappa shape index (κ1) is 7.48. The third kappa shape index (κ3) is 1.27. The summed E-state index contributed by atoms with van der Waals surface area (Å²) >= 11 is 1.69. The third-order valence-corrected chi connectivity index (χ3v) is 2.22. The summed E-state index contributed by atoms with van der Waals surface area (Å²) in [6.45, 7) is 6.21. The standard InChI is InChI=1S/C8H11NS/c1-4-7-8(6(2)3)9-5-10-7/h4-5H,1-3H3. The zero-order valence-corrected chi connectivity index (χ0v) is 7.33. The predicted octanol–water partition coefficient (Wildman–Crippen LogP) is 1.13. The summed E-state index contributed by atoms with van der Waals surface area (Å²) in [7, 11) is 0. The van der Waals surface area contributed by atoms with Crippen molar-refractivity contribution in [2.24, 2.45) is 0 Å². The van der Waals surface area contributed by atoms with E-state index in [0.717, 1.165) is 5.35 Å². The van der Waals surface area contributed by atoms with E-state index in [4.69, 9.17) is 0 Å². The molecule has 0 saturated carbocycles. The van der Waals surface area contributed by atoms with Gasteiger partial charge in [0.25, 0.3) is 0 Å². The van der Waals surface area contributed by atoms with E-state index in [1.807, 2.05) is 12.4 Å². The molecule has 0 aliphatic rings. The first-order valence-electron chi connectivity index (χ1n) is 3.29. The second-order valence-electron chi connectivity index (χ2n) is 2.35. The monoisotopic (exact) mass is 153 g/mol. The summed E-state index contributed by atoms with van der Waals surface area (Å²) in [5.41, 5.74) is 3.17. The minimum atomic E-state index is 1.15. The number of hydrogen-bond donors (Lipinski definition) is 0. The predicted molar refractivity (Wildman–Crippen MR) is 46.3 cm³/mol. The second-order valence-corrected chi connectivity index (χ2v) is 3.24. The topological polar surface area (TPSA) is 12.9 Å². The Labute approximate surface area is 64.7 Å². The Morgan fingerprint density at radius 1 is 1.60 bits per heavy atom. The molecule has 54 valence electrons. The van der Waals surface area contributed by atoms with Gasteiger partial charge in [0.1, 0.15) is 0 Å². The van der Waals surface area contributed by atoms with Crippen LogP contribution in [-0.4, -0.2) is 4.98 Å². The van der Waals surface area contributed by atoms with E-state index < -0.39 is 0 Å². The van der Waals surface area contributed by atoms with Crippen molar-refractivity contribution in [1.29, 1.82) is 0 Å². The first-order chi connectivity index (χ1) is 4.75. The quantitative estimate of drug-likeness (QED) is 0.544. The molecule has 0 fully saturated rings. The molecule has 1 aromatic heterocycles. The summed E-state index contributed by atoms with van der Waals surface area (Å²) < 4.78 is 1.28. The molecular weight excluding hydrogens is 142 g/mol. The molecule has 0 amide bonds. The van der Waals surface area contributed by atoms with Crippen LogP contribution in [0.1, 0.15) is 20.8 Å². The van der Waals surface area contributed by atoms with E-state index in [2.05, 4.69) is 24.9 Å². The van der Waals surface area contributed by atoms with Gasteiger partial charge in [-0.1, -0.05) is 6.08 Å². The highest BCUT2D eigenvalue weighted by atomic mass is 32.1. The van der Waals surface area contributed by atoms with Gasteiger partial charge in [0.05, 0.1) is 10.9 Å². The molecule has 0 bridgehead atoms. The third-order valence-electron chi connectivity index (χ3n) is 1.33. The lowest BCUT2D eigenvalue weighted by molar-refractivity contribution is 1.27. The first-order valence-corrected chi connectivity index (χ1v) is 4.17. The normalized spacial score (nSPS) is 12.1. The van der Waals surface area contributed by atoms with E-state index in [1.165, 1.54) is 10.1 Å². The second kappa shape index (κ2) is 2.97. The maximum absolute atomic E-state index is 4.24. The van der Waals surface area contributed by atoms with Crippen LogP contribution < -0.4 is 9.88 Å². The number of aromatic nitrogens is 1. The van der Waals surface area contributed by atoms with Crippen LogP contribution in [-0.2, 0) is 0 Å². The minimum absolute atomic E-state index is 1.15. The molecule has 0 unspecified atom stereocenters. The molecule has 0 spiro atoms. The summed E-state index contributed by atoms with van der Waals surface area (Å²) in [4.78, 5) is 4.24. The summed E-state index contributed by atoms with van der Waals surface area (Å²) in [5.74, 6) is 0. The van der Waals surface area contributed by atoms with Crippen molar-refractivity contribution in [2.75, 3.05) is 0 Å². The lowest BCUT2D eigenvalue weighted by Gasteiger charge is -1.81. The van der Waals surface area contributed by atoms with E-state index in [-0.39, 0.29) is 0 Å². The van der Waals surface area contributed by atoms with Crippen LogP contribution in [0.25, 0.3) is 11.6 Å². The van der Waals surface area contributed by atoms with Crippen LogP contribution in [0.15, 0.2) is 5.51 Å². The Bertz CT molecular complexity index is 317. The van der Waals surface area contributed by atoms with Crippen LogP contribution in [0.3, 0.4) is 0 Å². The maximum atomic E-state index is 4.24. The van der Waals surface area contributed by atoms with Crippen LogP contribution in [0.4, 0.5) is 0 Å². The zero-order valence-electron chi connectivity index (χ0n) is 6.51. The fraction of sp³-hybridized carbons (Fsp3) is 0.375. The number of thiazole rings is 1. The van der Waals surface area contributed by atoms with Gasteiger partial charge in [-0.2, -0.15) is 0 Å². The molecule has 1 aromatic rings. The number of nitrogens with zero attached hydrogens (tertiary/aromatic N) is 1. The fourth-order valence-electron chi connectivity index (χ4n) is 0.836. The molecular formula is C8H11NS. The van der Waals surface area contributed by atoms with E-state index >= 15 is 0 Å². The van der Waals surface area contributed by atoms with Gasteiger partial charge in [-0.05, 0) is 26.3 Å². The van der Waals surface area contributed by atoms with Crippen LogP contribution in [0.2, 0.25) is 0 Å². The highest BCUT2D eigenvalue weighted by Crippen LogP contribution is 1.83.